The Balaban J connectivity index is 1.28. The molecule has 1 amide bonds. The van der Waals surface area contributed by atoms with Crippen LogP contribution in [0.25, 0.3) is 0 Å². The number of carbonyl (C=O) groups is 1. The molecule has 2 aromatic carbocycles. The first-order chi connectivity index (χ1) is 12.7. The fraction of sp³-hybridized carbons (Fsp3) is 0.350. The number of likely N-dealkylation sites (N-methyl/N-ethyl adjacent to an activating group) is 1. The number of rotatable bonds is 5. The van der Waals surface area contributed by atoms with Crippen LogP contribution in [0, 0.1) is 0 Å². The normalized spacial score (nSPS) is 17.0. The lowest BCUT2D eigenvalue weighted by Gasteiger charge is -2.29. The van der Waals surface area contributed by atoms with Gasteiger partial charge in [0.05, 0.1) is 6.54 Å². The van der Waals surface area contributed by atoms with E-state index in [0.29, 0.717) is 26.0 Å². The molecule has 0 aromatic heterocycles. The average Bonchev–Trinajstić information content (AvgIpc) is 3.13. The van der Waals surface area contributed by atoms with Gasteiger partial charge in [0.1, 0.15) is 6.61 Å². The molecule has 1 atom stereocenters. The Morgan fingerprint density at radius 1 is 1.04 bits per heavy atom. The van der Waals surface area contributed by atoms with Crippen molar-refractivity contribution in [3.8, 4) is 23.0 Å². The van der Waals surface area contributed by atoms with E-state index < -0.39 is 0 Å². The van der Waals surface area contributed by atoms with Gasteiger partial charge in [-0.25, -0.2) is 0 Å². The third-order valence-corrected chi connectivity index (χ3v) is 4.54. The van der Waals surface area contributed by atoms with E-state index in [1.807, 2.05) is 42.5 Å². The molecule has 6 nitrogen and oxygen atoms in total. The largest absolute Gasteiger partial charge is 0.486 e. The highest BCUT2D eigenvalue weighted by molar-refractivity contribution is 5.76. The second kappa shape index (κ2) is 7.15. The van der Waals surface area contributed by atoms with Crippen LogP contribution in [0.4, 0.5) is 0 Å². The maximum absolute atomic E-state index is 12.4. The van der Waals surface area contributed by atoms with Gasteiger partial charge in [0.2, 0.25) is 12.7 Å². The summed E-state index contributed by atoms with van der Waals surface area (Å²) in [5, 5.41) is 0. The number of carbonyl (C=O) groups excluding carboxylic acids is 1. The summed E-state index contributed by atoms with van der Waals surface area (Å²) in [4.78, 5) is 14.1. The van der Waals surface area contributed by atoms with Gasteiger partial charge in [-0.3, -0.25) is 4.79 Å². The summed E-state index contributed by atoms with van der Waals surface area (Å²) in [6, 6.07) is 13.4. The molecule has 0 aliphatic carbocycles. The number of para-hydroxylation sites is 2. The standard InChI is InChI=1S/C20H21NO5/c1-21(11-15-12-23-16-4-2-3-5-18(16)26-15)20(22)9-7-14-6-8-17-19(10-14)25-13-24-17/h2-6,8,10,15H,7,9,11-13H2,1H3. The summed E-state index contributed by atoms with van der Waals surface area (Å²) in [6.07, 6.45) is 0.926. The Labute approximate surface area is 152 Å². The molecule has 26 heavy (non-hydrogen) atoms. The quantitative estimate of drug-likeness (QED) is 0.825. The van der Waals surface area contributed by atoms with Crippen molar-refractivity contribution in [3.63, 3.8) is 0 Å². The van der Waals surface area contributed by atoms with Crippen molar-refractivity contribution in [2.24, 2.45) is 0 Å². The van der Waals surface area contributed by atoms with Crippen LogP contribution in [-0.2, 0) is 11.2 Å². The Morgan fingerprint density at radius 2 is 1.81 bits per heavy atom. The van der Waals surface area contributed by atoms with Crippen LogP contribution in [0.1, 0.15) is 12.0 Å². The lowest BCUT2D eigenvalue weighted by molar-refractivity contribution is -0.131. The number of nitrogens with zero attached hydrogens (tertiary/aromatic N) is 1. The van der Waals surface area contributed by atoms with E-state index in [1.54, 1.807) is 11.9 Å². The van der Waals surface area contributed by atoms with Crippen LogP contribution in [-0.4, -0.2) is 43.9 Å². The molecule has 0 spiro atoms. The molecule has 2 heterocycles. The second-order valence-corrected chi connectivity index (χ2v) is 6.46. The summed E-state index contributed by atoms with van der Waals surface area (Å²) in [5.74, 6) is 3.05. The number of fused-ring (bicyclic) bond motifs is 2. The molecule has 2 aliphatic heterocycles. The van der Waals surface area contributed by atoms with E-state index in [2.05, 4.69) is 0 Å². The van der Waals surface area contributed by atoms with Crippen molar-refractivity contribution in [2.75, 3.05) is 27.0 Å². The van der Waals surface area contributed by atoms with Gasteiger partial charge in [-0.1, -0.05) is 18.2 Å². The Bertz CT molecular complexity index is 807. The Morgan fingerprint density at radius 3 is 2.69 bits per heavy atom. The van der Waals surface area contributed by atoms with Gasteiger partial charge in [-0.05, 0) is 36.2 Å². The minimum atomic E-state index is -0.163. The number of amides is 1. The van der Waals surface area contributed by atoms with Crippen LogP contribution >= 0.6 is 0 Å². The summed E-state index contributed by atoms with van der Waals surface area (Å²) in [5.41, 5.74) is 1.06. The van der Waals surface area contributed by atoms with Crippen molar-refractivity contribution in [3.05, 3.63) is 48.0 Å². The molecular weight excluding hydrogens is 334 g/mol. The maximum Gasteiger partial charge on any atom is 0.231 e. The highest BCUT2D eigenvalue weighted by Crippen LogP contribution is 2.33. The van der Waals surface area contributed by atoms with Gasteiger partial charge < -0.3 is 23.8 Å². The molecular formula is C20H21NO5. The van der Waals surface area contributed by atoms with Crippen molar-refractivity contribution in [1.29, 1.82) is 0 Å². The smallest absolute Gasteiger partial charge is 0.231 e. The van der Waals surface area contributed by atoms with Gasteiger partial charge in [0, 0.05) is 13.5 Å². The summed E-state index contributed by atoms with van der Waals surface area (Å²) in [6.45, 7) is 1.19. The molecule has 0 bridgehead atoms. The number of benzene rings is 2. The zero-order valence-corrected chi connectivity index (χ0v) is 14.6. The number of hydrogen-bond donors (Lipinski definition) is 0. The lowest BCUT2D eigenvalue weighted by atomic mass is 10.1. The van der Waals surface area contributed by atoms with Gasteiger partial charge in [0.15, 0.2) is 29.1 Å². The number of aryl methyl sites for hydroxylation is 1. The Kier molecular flexibility index (Phi) is 4.56. The minimum Gasteiger partial charge on any atom is -0.486 e. The molecule has 136 valence electrons. The molecule has 0 saturated heterocycles. The fourth-order valence-electron chi connectivity index (χ4n) is 3.10. The van der Waals surface area contributed by atoms with E-state index in [0.717, 1.165) is 28.6 Å². The first kappa shape index (κ1) is 16.6. The molecule has 1 unspecified atom stereocenters. The topological polar surface area (TPSA) is 57.2 Å². The monoisotopic (exact) mass is 355 g/mol. The van der Waals surface area contributed by atoms with Crippen LogP contribution in [0.5, 0.6) is 23.0 Å². The van der Waals surface area contributed by atoms with E-state index in [1.165, 1.54) is 0 Å². The average molecular weight is 355 g/mol. The minimum absolute atomic E-state index is 0.0742. The molecule has 0 fully saturated rings. The third-order valence-electron chi connectivity index (χ3n) is 4.54. The van der Waals surface area contributed by atoms with Gasteiger partial charge in [0.25, 0.3) is 0 Å². The molecule has 6 heteroatoms. The molecule has 2 aromatic rings. The van der Waals surface area contributed by atoms with E-state index in [-0.39, 0.29) is 18.8 Å². The Hall–Kier alpha value is -2.89. The first-order valence-corrected chi connectivity index (χ1v) is 8.70. The molecule has 0 radical (unpaired) electrons. The van der Waals surface area contributed by atoms with Gasteiger partial charge in [-0.15, -0.1) is 0 Å². The highest BCUT2D eigenvalue weighted by atomic mass is 16.7. The van der Waals surface area contributed by atoms with Crippen LogP contribution in [0.2, 0.25) is 0 Å². The van der Waals surface area contributed by atoms with Gasteiger partial charge >= 0.3 is 0 Å². The highest BCUT2D eigenvalue weighted by Gasteiger charge is 2.23. The van der Waals surface area contributed by atoms with Crippen molar-refractivity contribution in [2.45, 2.75) is 18.9 Å². The van der Waals surface area contributed by atoms with Crippen molar-refractivity contribution >= 4 is 5.91 Å². The van der Waals surface area contributed by atoms with Gasteiger partial charge in [-0.2, -0.15) is 0 Å². The lowest BCUT2D eigenvalue weighted by Crippen LogP contribution is -2.41. The zero-order chi connectivity index (χ0) is 17.9. The van der Waals surface area contributed by atoms with Crippen LogP contribution in [0.15, 0.2) is 42.5 Å². The fourth-order valence-corrected chi connectivity index (χ4v) is 3.10. The first-order valence-electron chi connectivity index (χ1n) is 8.70. The van der Waals surface area contributed by atoms with Crippen molar-refractivity contribution in [1.82, 2.24) is 4.90 Å². The van der Waals surface area contributed by atoms with Crippen molar-refractivity contribution < 1.29 is 23.7 Å². The predicted molar refractivity (Wildman–Crippen MR) is 94.9 cm³/mol. The molecule has 2 aliphatic rings. The third kappa shape index (κ3) is 3.54. The van der Waals surface area contributed by atoms with Crippen LogP contribution < -0.4 is 18.9 Å². The molecule has 4 rings (SSSR count). The summed E-state index contributed by atoms with van der Waals surface area (Å²) in [7, 11) is 1.80. The van der Waals surface area contributed by atoms with Crippen LogP contribution in [0.3, 0.4) is 0 Å². The summed E-state index contributed by atoms with van der Waals surface area (Å²) >= 11 is 0. The molecule has 0 N–H and O–H groups in total. The van der Waals surface area contributed by atoms with E-state index in [9.17, 15) is 4.79 Å². The van der Waals surface area contributed by atoms with E-state index >= 15 is 0 Å². The van der Waals surface area contributed by atoms with E-state index in [4.69, 9.17) is 18.9 Å². The SMILES string of the molecule is CN(CC1COc2ccccc2O1)C(=O)CCc1ccc2c(c1)OCO2. The maximum atomic E-state index is 12.4. The predicted octanol–water partition coefficient (Wildman–Crippen LogP) is 2.65. The number of ether oxygens (including phenoxy) is 4. The molecule has 0 saturated carbocycles. The number of hydrogen-bond acceptors (Lipinski definition) is 5. The second-order valence-electron chi connectivity index (χ2n) is 6.46. The zero-order valence-electron chi connectivity index (χ0n) is 14.6. The summed E-state index contributed by atoms with van der Waals surface area (Å²) < 4.78 is 22.3.